The zero-order valence-electron chi connectivity index (χ0n) is 15.5. The number of nitrogens with zero attached hydrogens (tertiary/aromatic N) is 2. The molecule has 0 aliphatic carbocycles. The van der Waals surface area contributed by atoms with Gasteiger partial charge in [0.1, 0.15) is 0 Å². The van der Waals surface area contributed by atoms with Crippen LogP contribution >= 0.6 is 11.3 Å². The summed E-state index contributed by atoms with van der Waals surface area (Å²) >= 11 is 1.60. The predicted molar refractivity (Wildman–Crippen MR) is 107 cm³/mol. The van der Waals surface area contributed by atoms with Crippen LogP contribution in [0, 0.1) is 0 Å². The van der Waals surface area contributed by atoms with Gasteiger partial charge in [-0.2, -0.15) is 13.2 Å². The quantitative estimate of drug-likeness (QED) is 0.537. The molecule has 1 fully saturated rings. The van der Waals surface area contributed by atoms with Gasteiger partial charge in [0.15, 0.2) is 0 Å². The molecule has 1 aromatic heterocycles. The number of amides is 1. The summed E-state index contributed by atoms with van der Waals surface area (Å²) in [7, 11) is 0. The van der Waals surface area contributed by atoms with Crippen LogP contribution in [0.25, 0.3) is 11.1 Å². The Hall–Kier alpha value is -2.67. The number of halogens is 3. The summed E-state index contributed by atoms with van der Waals surface area (Å²) in [6.07, 6.45) is -0.705. The number of hydrogen-bond donors (Lipinski definition) is 0. The Kier molecular flexibility index (Phi) is 5.41. The molecular weight excluding hydrogens is 397 g/mol. The van der Waals surface area contributed by atoms with Gasteiger partial charge in [-0.3, -0.25) is 4.79 Å². The van der Waals surface area contributed by atoms with Crippen LogP contribution in [0.2, 0.25) is 0 Å². The lowest BCUT2D eigenvalue weighted by Crippen LogP contribution is -2.39. The predicted octanol–water partition coefficient (Wildman–Crippen LogP) is 5.85. The van der Waals surface area contributed by atoms with Crippen LogP contribution in [0.5, 0.6) is 0 Å². The minimum atomic E-state index is -4.38. The molecule has 4 rings (SSSR count). The molecule has 1 amide bonds. The molecule has 0 N–H and O–H groups in total. The van der Waals surface area contributed by atoms with E-state index in [9.17, 15) is 18.0 Å². The fourth-order valence-corrected chi connectivity index (χ4v) is 4.50. The molecule has 0 radical (unpaired) electrons. The number of thiazole rings is 1. The van der Waals surface area contributed by atoms with Gasteiger partial charge in [-0.25, -0.2) is 4.98 Å². The van der Waals surface area contributed by atoms with E-state index in [4.69, 9.17) is 0 Å². The monoisotopic (exact) mass is 416 g/mol. The van der Waals surface area contributed by atoms with Gasteiger partial charge < -0.3 is 4.90 Å². The van der Waals surface area contributed by atoms with E-state index in [1.807, 2.05) is 10.3 Å². The second kappa shape index (κ2) is 7.99. The van der Waals surface area contributed by atoms with Gasteiger partial charge in [-0.1, -0.05) is 30.3 Å². The first-order valence-electron chi connectivity index (χ1n) is 9.39. The molecular formula is C22H19F3N2OS. The molecule has 3 nitrogen and oxygen atoms in total. The van der Waals surface area contributed by atoms with Crippen molar-refractivity contribution in [1.82, 2.24) is 9.88 Å². The van der Waals surface area contributed by atoms with Crippen molar-refractivity contribution in [2.45, 2.75) is 24.9 Å². The molecule has 0 saturated carbocycles. The Bertz CT molecular complexity index is 984. The second-order valence-corrected chi connectivity index (χ2v) is 8.01. The van der Waals surface area contributed by atoms with Gasteiger partial charge in [-0.05, 0) is 42.2 Å². The van der Waals surface area contributed by atoms with Crippen molar-refractivity contribution in [3.05, 3.63) is 76.2 Å². The average Bonchev–Trinajstić information content (AvgIpc) is 3.28. The normalized spacial score (nSPS) is 17.3. The minimum absolute atomic E-state index is 0.0956. The van der Waals surface area contributed by atoms with Crippen LogP contribution in [0.3, 0.4) is 0 Å². The maximum Gasteiger partial charge on any atom is 0.416 e. The van der Waals surface area contributed by atoms with E-state index in [0.717, 1.165) is 30.0 Å². The Morgan fingerprint density at radius 3 is 2.55 bits per heavy atom. The molecule has 1 aliphatic heterocycles. The number of carbonyl (C=O) groups excluding carboxylic acids is 1. The summed E-state index contributed by atoms with van der Waals surface area (Å²) < 4.78 is 38.6. The molecule has 0 bridgehead atoms. The van der Waals surface area contributed by atoms with Gasteiger partial charge in [0.25, 0.3) is 5.91 Å². The Morgan fingerprint density at radius 1 is 1.10 bits per heavy atom. The summed E-state index contributed by atoms with van der Waals surface area (Å²) in [6, 6.07) is 12.0. The number of rotatable bonds is 3. The van der Waals surface area contributed by atoms with Crippen molar-refractivity contribution in [2.75, 3.05) is 13.1 Å². The maximum atomic E-state index is 13.3. The fraction of sp³-hybridized carbons (Fsp3) is 0.273. The lowest BCUT2D eigenvalue weighted by atomic mass is 9.95. The molecule has 3 aromatic rings. The topological polar surface area (TPSA) is 33.2 Å². The zero-order chi connectivity index (χ0) is 20.4. The van der Waals surface area contributed by atoms with Gasteiger partial charge in [0.2, 0.25) is 0 Å². The second-order valence-electron chi connectivity index (χ2n) is 7.08. The molecule has 2 aromatic carbocycles. The van der Waals surface area contributed by atoms with Crippen molar-refractivity contribution in [3.63, 3.8) is 0 Å². The van der Waals surface area contributed by atoms with Crippen LogP contribution in [-0.2, 0) is 6.18 Å². The fourth-order valence-electron chi connectivity index (χ4n) is 3.73. The van der Waals surface area contributed by atoms with Crippen molar-refractivity contribution in [2.24, 2.45) is 0 Å². The molecule has 150 valence electrons. The number of carbonyl (C=O) groups is 1. The molecule has 1 aliphatic rings. The van der Waals surface area contributed by atoms with E-state index in [2.05, 4.69) is 4.98 Å². The van der Waals surface area contributed by atoms with E-state index in [0.29, 0.717) is 29.8 Å². The Labute approximate surface area is 170 Å². The number of aromatic nitrogens is 1. The largest absolute Gasteiger partial charge is 0.416 e. The van der Waals surface area contributed by atoms with Crippen molar-refractivity contribution in [3.8, 4) is 11.1 Å². The highest BCUT2D eigenvalue weighted by Gasteiger charge is 2.31. The number of piperidine rings is 1. The van der Waals surface area contributed by atoms with Crippen molar-refractivity contribution >= 4 is 17.2 Å². The van der Waals surface area contributed by atoms with Crippen molar-refractivity contribution in [1.29, 1.82) is 0 Å². The molecule has 1 saturated heterocycles. The van der Waals surface area contributed by atoms with Crippen LogP contribution < -0.4 is 0 Å². The third kappa shape index (κ3) is 4.19. The van der Waals surface area contributed by atoms with Gasteiger partial charge >= 0.3 is 6.18 Å². The highest BCUT2D eigenvalue weighted by molar-refractivity contribution is 7.09. The number of hydrogen-bond acceptors (Lipinski definition) is 3. The lowest BCUT2D eigenvalue weighted by Gasteiger charge is -2.32. The zero-order valence-corrected chi connectivity index (χ0v) is 16.3. The molecule has 29 heavy (non-hydrogen) atoms. The van der Waals surface area contributed by atoms with Gasteiger partial charge in [0, 0.05) is 36.1 Å². The minimum Gasteiger partial charge on any atom is -0.338 e. The van der Waals surface area contributed by atoms with E-state index in [1.54, 1.807) is 41.8 Å². The third-order valence-electron chi connectivity index (χ3n) is 5.19. The SMILES string of the molecule is O=C(c1ccccc1-c1ccc(C(F)(F)F)cc1)N1CCCC(c2nccs2)C1. The van der Waals surface area contributed by atoms with Crippen molar-refractivity contribution < 1.29 is 18.0 Å². The summed E-state index contributed by atoms with van der Waals surface area (Å²) in [4.78, 5) is 19.5. The highest BCUT2D eigenvalue weighted by Crippen LogP contribution is 2.33. The molecule has 0 spiro atoms. The van der Waals surface area contributed by atoms with Crippen LogP contribution in [-0.4, -0.2) is 28.9 Å². The molecule has 2 heterocycles. The highest BCUT2D eigenvalue weighted by atomic mass is 32.1. The molecule has 7 heteroatoms. The standard InChI is InChI=1S/C22H19F3N2OS/c23-22(24,25)17-9-7-15(8-10-17)18-5-1-2-6-19(18)21(28)27-12-3-4-16(14-27)20-26-11-13-29-20/h1-2,5-11,13,16H,3-4,12,14H2. The smallest absolute Gasteiger partial charge is 0.338 e. The van der Waals surface area contributed by atoms with Crippen LogP contribution in [0.15, 0.2) is 60.1 Å². The van der Waals surface area contributed by atoms with Crippen LogP contribution in [0.1, 0.15) is 39.7 Å². The maximum absolute atomic E-state index is 13.3. The first-order valence-corrected chi connectivity index (χ1v) is 10.3. The first kappa shape index (κ1) is 19.6. The Morgan fingerprint density at radius 2 is 1.86 bits per heavy atom. The number of alkyl halides is 3. The lowest BCUT2D eigenvalue weighted by molar-refractivity contribution is -0.137. The third-order valence-corrected chi connectivity index (χ3v) is 6.13. The summed E-state index contributed by atoms with van der Waals surface area (Å²) in [5, 5.41) is 2.98. The summed E-state index contributed by atoms with van der Waals surface area (Å²) in [6.45, 7) is 1.27. The summed E-state index contributed by atoms with van der Waals surface area (Å²) in [5.74, 6) is 0.132. The number of benzene rings is 2. The van der Waals surface area contributed by atoms with Gasteiger partial charge in [0.05, 0.1) is 10.6 Å². The van der Waals surface area contributed by atoms with E-state index in [1.165, 1.54) is 12.1 Å². The van der Waals surface area contributed by atoms with E-state index in [-0.39, 0.29) is 11.8 Å². The Balaban J connectivity index is 1.60. The van der Waals surface area contributed by atoms with E-state index < -0.39 is 11.7 Å². The van der Waals surface area contributed by atoms with Gasteiger partial charge in [-0.15, -0.1) is 11.3 Å². The number of likely N-dealkylation sites (tertiary alicyclic amines) is 1. The summed E-state index contributed by atoms with van der Waals surface area (Å²) in [5.41, 5.74) is 1.04. The molecule has 1 unspecified atom stereocenters. The van der Waals surface area contributed by atoms with E-state index >= 15 is 0 Å². The average molecular weight is 416 g/mol. The molecule has 1 atom stereocenters. The first-order chi connectivity index (χ1) is 13.9. The van der Waals surface area contributed by atoms with Crippen LogP contribution in [0.4, 0.5) is 13.2 Å².